The first kappa shape index (κ1) is 38.0. The van der Waals surface area contributed by atoms with Crippen molar-refractivity contribution >= 4 is 49.9 Å². The van der Waals surface area contributed by atoms with Crippen LogP contribution < -0.4 is 0 Å². The third kappa shape index (κ3) is 6.68. The molecule has 1 aliphatic carbocycles. The summed E-state index contributed by atoms with van der Waals surface area (Å²) < 4.78 is 0. The van der Waals surface area contributed by atoms with Crippen LogP contribution in [-0.4, -0.2) is 11.5 Å². The molecule has 0 radical (unpaired) electrons. The topological polar surface area (TPSA) is 36.2 Å². The standard InChI is InChI=1S/C61H44N2/c1-61(2)57-39-46(31-34-55(57)56-35-30-42-17-9-10-21-49(42)59(56)61)48-36-37-54(52-24-14-13-23-51(48)52)53-33-29-43(47-20-11-12-22-50(47)53)32-38-58(63-60(62)45-18-7-4-8-19-45)44-27-25-41(26-28-44)40-15-5-3-6-16-40/h3-39,62H,1-2H3/b38-32+,62-60?,63-58?. The molecule has 0 amide bonds. The van der Waals surface area contributed by atoms with Gasteiger partial charge in [-0.1, -0.05) is 226 Å². The number of hydrogen-bond acceptors (Lipinski definition) is 1. The van der Waals surface area contributed by atoms with Gasteiger partial charge in [-0.3, -0.25) is 5.41 Å². The van der Waals surface area contributed by atoms with Gasteiger partial charge in [0, 0.05) is 16.5 Å². The SMILES string of the molecule is CC1(C)c2cc(-c3ccc(-c4ccc(/C=C/C(=NC(=N)c5ccccc5)c5ccc(-c6ccccc6)cc5)c5ccccc45)c4ccccc34)ccc2-c2ccc3ccccc3c21. The number of aliphatic imine (C=N–C) groups is 1. The van der Waals surface area contributed by atoms with E-state index in [-0.39, 0.29) is 11.3 Å². The van der Waals surface area contributed by atoms with E-state index in [1.165, 1.54) is 71.4 Å². The highest BCUT2D eigenvalue weighted by molar-refractivity contribution is 6.18. The van der Waals surface area contributed by atoms with Gasteiger partial charge in [-0.25, -0.2) is 4.99 Å². The summed E-state index contributed by atoms with van der Waals surface area (Å²) in [4.78, 5) is 4.91. The molecule has 0 spiro atoms. The maximum absolute atomic E-state index is 8.94. The van der Waals surface area contributed by atoms with Crippen LogP contribution in [0.3, 0.4) is 0 Å². The third-order valence-corrected chi connectivity index (χ3v) is 13.0. The monoisotopic (exact) mass is 804 g/mol. The number of fused-ring (bicyclic) bond motifs is 7. The number of benzene rings is 10. The van der Waals surface area contributed by atoms with Gasteiger partial charge in [0.15, 0.2) is 5.84 Å². The van der Waals surface area contributed by atoms with E-state index >= 15 is 0 Å². The first-order chi connectivity index (χ1) is 30.9. The summed E-state index contributed by atoms with van der Waals surface area (Å²) in [6, 6.07) is 75.7. The number of nitrogens with one attached hydrogen (secondary N) is 1. The molecule has 2 nitrogen and oxygen atoms in total. The molecule has 0 aliphatic heterocycles. The maximum Gasteiger partial charge on any atom is 0.152 e. The summed E-state index contributed by atoms with van der Waals surface area (Å²) >= 11 is 0. The van der Waals surface area contributed by atoms with E-state index in [2.05, 4.69) is 202 Å². The molecule has 0 atom stereocenters. The number of amidine groups is 1. The van der Waals surface area contributed by atoms with Crippen molar-refractivity contribution in [2.24, 2.45) is 4.99 Å². The van der Waals surface area contributed by atoms with E-state index in [1.807, 2.05) is 36.4 Å². The van der Waals surface area contributed by atoms with Gasteiger partial charge in [-0.15, -0.1) is 0 Å². The van der Waals surface area contributed by atoms with Gasteiger partial charge >= 0.3 is 0 Å². The van der Waals surface area contributed by atoms with Gasteiger partial charge in [0.05, 0.1) is 5.71 Å². The molecular weight excluding hydrogens is 761 g/mol. The van der Waals surface area contributed by atoms with Crippen LogP contribution >= 0.6 is 0 Å². The number of allylic oxidation sites excluding steroid dienone is 1. The lowest BCUT2D eigenvalue weighted by Gasteiger charge is -2.24. The van der Waals surface area contributed by atoms with Gasteiger partial charge in [0.2, 0.25) is 0 Å². The molecule has 1 aliphatic rings. The second-order valence-electron chi connectivity index (χ2n) is 17.0. The molecule has 298 valence electrons. The number of hydrogen-bond donors (Lipinski definition) is 1. The summed E-state index contributed by atoms with van der Waals surface area (Å²) in [6.07, 6.45) is 4.20. The van der Waals surface area contributed by atoms with Crippen LogP contribution in [0.15, 0.2) is 223 Å². The van der Waals surface area contributed by atoms with Crippen LogP contribution in [0.25, 0.3) is 82.9 Å². The van der Waals surface area contributed by atoms with Crippen molar-refractivity contribution in [3.05, 3.63) is 246 Å². The molecule has 1 N–H and O–H groups in total. The van der Waals surface area contributed by atoms with Gasteiger partial charge in [-0.05, 0) is 106 Å². The highest BCUT2D eigenvalue weighted by Crippen LogP contribution is 2.52. The van der Waals surface area contributed by atoms with Crippen molar-refractivity contribution in [2.45, 2.75) is 19.3 Å². The molecule has 63 heavy (non-hydrogen) atoms. The van der Waals surface area contributed by atoms with Gasteiger partial charge in [-0.2, -0.15) is 0 Å². The van der Waals surface area contributed by atoms with E-state index < -0.39 is 0 Å². The fourth-order valence-corrected chi connectivity index (χ4v) is 9.87. The smallest absolute Gasteiger partial charge is 0.152 e. The van der Waals surface area contributed by atoms with E-state index in [1.54, 1.807) is 0 Å². The quantitative estimate of drug-likeness (QED) is 0.123. The Labute approximate surface area is 368 Å². The van der Waals surface area contributed by atoms with Gasteiger partial charge < -0.3 is 0 Å². The molecule has 10 aromatic carbocycles. The summed E-state index contributed by atoms with van der Waals surface area (Å²) in [5, 5.41) is 16.4. The fraction of sp³-hybridized carbons (Fsp3) is 0.0492. The molecule has 10 aromatic rings. The number of nitrogens with zero attached hydrogens (tertiary/aromatic N) is 1. The Hall–Kier alpha value is -7.94. The summed E-state index contributed by atoms with van der Waals surface area (Å²) in [6.45, 7) is 4.76. The second-order valence-corrected chi connectivity index (χ2v) is 17.0. The summed E-state index contributed by atoms with van der Waals surface area (Å²) in [5.41, 5.74) is 16.1. The molecular formula is C61H44N2. The Bertz CT molecular complexity index is 3460. The van der Waals surface area contributed by atoms with Crippen LogP contribution in [0.2, 0.25) is 0 Å². The van der Waals surface area contributed by atoms with E-state index in [0.717, 1.165) is 38.9 Å². The normalized spacial score (nSPS) is 13.1. The minimum absolute atomic E-state index is 0.129. The molecule has 0 saturated carbocycles. The first-order valence-corrected chi connectivity index (χ1v) is 21.7. The molecule has 0 aromatic heterocycles. The van der Waals surface area contributed by atoms with Crippen LogP contribution in [0.1, 0.15) is 41.7 Å². The Morgan fingerprint density at radius 3 is 1.68 bits per heavy atom. The Balaban J connectivity index is 0.973. The molecule has 11 rings (SSSR count). The fourth-order valence-electron chi connectivity index (χ4n) is 9.87. The second kappa shape index (κ2) is 15.5. The Morgan fingerprint density at radius 1 is 0.429 bits per heavy atom. The summed E-state index contributed by atoms with van der Waals surface area (Å²) in [7, 11) is 0. The largest absolute Gasteiger partial charge is 0.282 e. The lowest BCUT2D eigenvalue weighted by atomic mass is 9.79. The molecule has 2 heteroatoms. The first-order valence-electron chi connectivity index (χ1n) is 21.7. The zero-order chi connectivity index (χ0) is 42.5. The van der Waals surface area contributed by atoms with Crippen molar-refractivity contribution in [3.8, 4) is 44.5 Å². The average Bonchev–Trinajstić information content (AvgIpc) is 3.58. The predicted octanol–water partition coefficient (Wildman–Crippen LogP) is 16.0. The maximum atomic E-state index is 8.94. The van der Waals surface area contributed by atoms with Crippen LogP contribution in [0.5, 0.6) is 0 Å². The summed E-state index contributed by atoms with van der Waals surface area (Å²) in [5.74, 6) is 0.222. The Morgan fingerprint density at radius 2 is 0.952 bits per heavy atom. The van der Waals surface area contributed by atoms with Crippen LogP contribution in [-0.2, 0) is 5.41 Å². The number of rotatable bonds is 7. The van der Waals surface area contributed by atoms with Crippen LogP contribution in [0, 0.1) is 5.41 Å². The predicted molar refractivity (Wildman–Crippen MR) is 268 cm³/mol. The van der Waals surface area contributed by atoms with Gasteiger partial charge in [0.1, 0.15) is 0 Å². The average molecular weight is 805 g/mol. The molecule has 0 saturated heterocycles. The molecule has 0 fully saturated rings. The van der Waals surface area contributed by atoms with Crippen molar-refractivity contribution in [3.63, 3.8) is 0 Å². The van der Waals surface area contributed by atoms with Gasteiger partial charge in [0.25, 0.3) is 0 Å². The van der Waals surface area contributed by atoms with Crippen molar-refractivity contribution in [2.75, 3.05) is 0 Å². The highest BCUT2D eigenvalue weighted by atomic mass is 14.8. The zero-order valence-corrected chi connectivity index (χ0v) is 35.3. The molecule has 0 bridgehead atoms. The molecule has 0 heterocycles. The van der Waals surface area contributed by atoms with Crippen LogP contribution in [0.4, 0.5) is 0 Å². The Kier molecular flexibility index (Phi) is 9.36. The lowest BCUT2D eigenvalue weighted by molar-refractivity contribution is 0.666. The molecule has 0 unspecified atom stereocenters. The minimum atomic E-state index is -0.129. The van der Waals surface area contributed by atoms with E-state index in [4.69, 9.17) is 10.4 Å². The minimum Gasteiger partial charge on any atom is -0.282 e. The van der Waals surface area contributed by atoms with Crippen molar-refractivity contribution < 1.29 is 0 Å². The van der Waals surface area contributed by atoms with E-state index in [9.17, 15) is 0 Å². The lowest BCUT2D eigenvalue weighted by Crippen LogP contribution is -2.15. The highest BCUT2D eigenvalue weighted by Gasteiger charge is 2.37. The van der Waals surface area contributed by atoms with E-state index in [0.29, 0.717) is 0 Å². The zero-order valence-electron chi connectivity index (χ0n) is 35.3. The van der Waals surface area contributed by atoms with Crippen molar-refractivity contribution in [1.29, 1.82) is 5.41 Å². The third-order valence-electron chi connectivity index (χ3n) is 13.0. The van der Waals surface area contributed by atoms with Crippen molar-refractivity contribution in [1.82, 2.24) is 0 Å².